The number of halogens is 4. The van der Waals surface area contributed by atoms with Crippen LogP contribution in [0.25, 0.3) is 10.6 Å². The lowest BCUT2D eigenvalue weighted by Gasteiger charge is -2.14. The molecule has 0 fully saturated rings. The van der Waals surface area contributed by atoms with Crippen LogP contribution in [0.5, 0.6) is 0 Å². The molecule has 0 saturated carbocycles. The Labute approximate surface area is 194 Å². The Morgan fingerprint density at radius 3 is 2.70 bits per heavy atom. The number of hydrogen-bond donors (Lipinski definition) is 2. The predicted molar refractivity (Wildman–Crippen MR) is 118 cm³/mol. The number of nitrogens with zero attached hydrogens (tertiary/aromatic N) is 3. The molecule has 2 N–H and O–H groups in total. The van der Waals surface area contributed by atoms with Crippen LogP contribution in [0, 0.1) is 5.82 Å². The van der Waals surface area contributed by atoms with E-state index in [0.29, 0.717) is 41.4 Å². The molecule has 2 aliphatic heterocycles. The zero-order valence-corrected chi connectivity index (χ0v) is 18.8. The second-order valence-corrected chi connectivity index (χ2v) is 9.85. The third-order valence-corrected chi connectivity index (χ3v) is 7.70. The van der Waals surface area contributed by atoms with Gasteiger partial charge in [0, 0.05) is 43.5 Å². The summed E-state index contributed by atoms with van der Waals surface area (Å²) in [5, 5.41) is 5.82. The molecule has 2 aromatic heterocycles. The number of alkyl halides is 3. The Hall–Kier alpha value is -2.70. The van der Waals surface area contributed by atoms with Crippen LogP contribution in [0.4, 0.5) is 29.2 Å². The summed E-state index contributed by atoms with van der Waals surface area (Å²) < 4.78 is 55.8. The average Bonchev–Trinajstić information content (AvgIpc) is 3.36. The van der Waals surface area contributed by atoms with E-state index in [1.54, 1.807) is 24.1 Å². The number of carbonyl (C=O) groups excluding carboxylic acids is 1. The maximum absolute atomic E-state index is 14.5. The van der Waals surface area contributed by atoms with Crippen molar-refractivity contribution < 1.29 is 22.4 Å². The third kappa shape index (κ3) is 4.18. The van der Waals surface area contributed by atoms with Gasteiger partial charge in [-0.05, 0) is 29.3 Å². The van der Waals surface area contributed by atoms with E-state index >= 15 is 0 Å². The van der Waals surface area contributed by atoms with Gasteiger partial charge < -0.3 is 15.5 Å². The molecular formula is C21H17F4N5OS2. The first-order chi connectivity index (χ1) is 15.7. The molecule has 0 unspecified atom stereocenters. The first kappa shape index (κ1) is 22.1. The maximum atomic E-state index is 14.5. The lowest BCUT2D eigenvalue weighted by molar-refractivity contribution is -0.137. The van der Waals surface area contributed by atoms with Crippen molar-refractivity contribution in [3.63, 3.8) is 0 Å². The molecule has 0 saturated heterocycles. The fourth-order valence-electron chi connectivity index (χ4n) is 3.69. The Kier molecular flexibility index (Phi) is 5.53. The molecule has 0 spiro atoms. The molecule has 5 rings (SSSR count). The highest BCUT2D eigenvalue weighted by Gasteiger charge is 2.37. The lowest BCUT2D eigenvalue weighted by atomic mass is 10.1. The highest BCUT2D eigenvalue weighted by atomic mass is 32.2. The number of benzene rings is 1. The van der Waals surface area contributed by atoms with Gasteiger partial charge in [0.05, 0.1) is 16.3 Å². The number of carbonyl (C=O) groups is 1. The van der Waals surface area contributed by atoms with E-state index in [1.165, 1.54) is 17.8 Å². The highest BCUT2D eigenvalue weighted by Crippen LogP contribution is 2.43. The van der Waals surface area contributed by atoms with Gasteiger partial charge in [0.25, 0.3) is 5.91 Å². The average molecular weight is 496 g/mol. The molecule has 1 aromatic carbocycles. The molecule has 0 atom stereocenters. The standard InChI is InChI=1S/C21H17F4N5OS2/c1-30-2-3-32-16-6-15(33-18(16)19(30)31)17-12(21(23,24)25)9-27-20(29-17)28-14-5-11-8-26-7-10(11)4-13(14)22/h4-6,9,26H,2-3,7-8H2,1H3,(H,27,28,29). The predicted octanol–water partition coefficient (Wildman–Crippen LogP) is 4.89. The summed E-state index contributed by atoms with van der Waals surface area (Å²) in [6.45, 7) is 1.68. The Morgan fingerprint density at radius 2 is 1.94 bits per heavy atom. The van der Waals surface area contributed by atoms with Gasteiger partial charge in [0.1, 0.15) is 16.3 Å². The zero-order chi connectivity index (χ0) is 23.3. The summed E-state index contributed by atoms with van der Waals surface area (Å²) in [5.74, 6) is -0.306. The van der Waals surface area contributed by atoms with Crippen LogP contribution in [0.15, 0.2) is 29.3 Å². The number of amides is 1. The van der Waals surface area contributed by atoms with E-state index in [4.69, 9.17) is 0 Å². The van der Waals surface area contributed by atoms with E-state index in [0.717, 1.165) is 22.5 Å². The molecule has 6 nitrogen and oxygen atoms in total. The van der Waals surface area contributed by atoms with Crippen molar-refractivity contribution in [2.75, 3.05) is 24.7 Å². The van der Waals surface area contributed by atoms with Gasteiger partial charge in [-0.15, -0.1) is 23.1 Å². The number of rotatable bonds is 3. The molecule has 12 heteroatoms. The summed E-state index contributed by atoms with van der Waals surface area (Å²) in [6.07, 6.45) is -4.02. The van der Waals surface area contributed by atoms with E-state index in [9.17, 15) is 22.4 Å². The van der Waals surface area contributed by atoms with Gasteiger partial charge >= 0.3 is 6.18 Å². The van der Waals surface area contributed by atoms with E-state index < -0.39 is 17.6 Å². The zero-order valence-electron chi connectivity index (χ0n) is 17.2. The number of aromatic nitrogens is 2. The van der Waals surface area contributed by atoms with Crippen LogP contribution >= 0.6 is 23.1 Å². The molecule has 2 aliphatic rings. The minimum Gasteiger partial charge on any atom is -0.340 e. The third-order valence-electron chi connectivity index (χ3n) is 5.42. The van der Waals surface area contributed by atoms with Gasteiger partial charge in [-0.25, -0.2) is 14.4 Å². The normalized spacial score (nSPS) is 15.9. The van der Waals surface area contributed by atoms with Gasteiger partial charge in [0.2, 0.25) is 5.95 Å². The summed E-state index contributed by atoms with van der Waals surface area (Å²) in [5.41, 5.74) is 0.440. The molecular weight excluding hydrogens is 478 g/mol. The van der Waals surface area contributed by atoms with Crippen molar-refractivity contribution in [1.82, 2.24) is 20.2 Å². The molecule has 0 bridgehead atoms. The fourth-order valence-corrected chi connectivity index (χ4v) is 6.12. The molecule has 4 heterocycles. The number of nitrogens with one attached hydrogen (secondary N) is 2. The van der Waals surface area contributed by atoms with Crippen molar-refractivity contribution >= 4 is 40.6 Å². The van der Waals surface area contributed by atoms with E-state index in [-0.39, 0.29) is 28.1 Å². The maximum Gasteiger partial charge on any atom is 0.420 e. The van der Waals surface area contributed by atoms with Crippen molar-refractivity contribution in [2.24, 2.45) is 0 Å². The van der Waals surface area contributed by atoms with Crippen LogP contribution in [0.1, 0.15) is 26.4 Å². The summed E-state index contributed by atoms with van der Waals surface area (Å²) >= 11 is 2.38. The van der Waals surface area contributed by atoms with E-state index in [1.807, 2.05) is 0 Å². The first-order valence-corrected chi connectivity index (χ1v) is 11.8. The summed E-state index contributed by atoms with van der Waals surface area (Å²) in [6, 6.07) is 4.55. The monoisotopic (exact) mass is 495 g/mol. The Morgan fingerprint density at radius 1 is 1.18 bits per heavy atom. The quantitative estimate of drug-likeness (QED) is 0.505. The largest absolute Gasteiger partial charge is 0.420 e. The van der Waals surface area contributed by atoms with Gasteiger partial charge in [-0.3, -0.25) is 4.79 Å². The van der Waals surface area contributed by atoms with Crippen LogP contribution in [0.3, 0.4) is 0 Å². The minimum atomic E-state index is -4.70. The summed E-state index contributed by atoms with van der Waals surface area (Å²) in [7, 11) is 1.66. The van der Waals surface area contributed by atoms with Crippen LogP contribution in [0.2, 0.25) is 0 Å². The van der Waals surface area contributed by atoms with Crippen LogP contribution in [-0.4, -0.2) is 40.1 Å². The van der Waals surface area contributed by atoms with E-state index in [2.05, 4.69) is 20.6 Å². The second-order valence-electron chi connectivity index (χ2n) is 7.66. The molecule has 172 valence electrons. The van der Waals surface area contributed by atoms with Crippen molar-refractivity contribution in [3.8, 4) is 10.6 Å². The van der Waals surface area contributed by atoms with Gasteiger partial charge in [-0.1, -0.05) is 0 Å². The minimum absolute atomic E-state index is 0.0810. The van der Waals surface area contributed by atoms with Crippen molar-refractivity contribution in [2.45, 2.75) is 24.2 Å². The molecule has 0 radical (unpaired) electrons. The Balaban J connectivity index is 1.56. The molecule has 1 amide bonds. The number of anilines is 2. The Bertz CT molecular complexity index is 1260. The number of thioether (sulfide) groups is 1. The molecule has 3 aromatic rings. The topological polar surface area (TPSA) is 70.2 Å². The van der Waals surface area contributed by atoms with Gasteiger partial charge in [-0.2, -0.15) is 13.2 Å². The fraction of sp³-hybridized carbons (Fsp3) is 0.286. The number of thiophene rings is 1. The number of hydrogen-bond acceptors (Lipinski definition) is 7. The van der Waals surface area contributed by atoms with Gasteiger partial charge in [0.15, 0.2) is 0 Å². The van der Waals surface area contributed by atoms with Crippen LogP contribution < -0.4 is 10.6 Å². The smallest absolute Gasteiger partial charge is 0.340 e. The van der Waals surface area contributed by atoms with Crippen molar-refractivity contribution in [1.29, 1.82) is 0 Å². The number of fused-ring (bicyclic) bond motifs is 2. The molecule has 33 heavy (non-hydrogen) atoms. The van der Waals surface area contributed by atoms with Crippen molar-refractivity contribution in [3.05, 3.63) is 51.8 Å². The highest BCUT2D eigenvalue weighted by molar-refractivity contribution is 7.99. The second kappa shape index (κ2) is 8.26. The molecule has 0 aliphatic carbocycles. The van der Waals surface area contributed by atoms with Crippen LogP contribution in [-0.2, 0) is 19.3 Å². The summed E-state index contributed by atoms with van der Waals surface area (Å²) in [4.78, 5) is 23.3. The SMILES string of the molecule is CN1CCSc2cc(-c3nc(Nc4cc5c(cc4F)CNC5)ncc3C(F)(F)F)sc2C1=O. The first-order valence-electron chi connectivity index (χ1n) is 9.96. The lowest BCUT2D eigenvalue weighted by Crippen LogP contribution is -2.26.